The summed E-state index contributed by atoms with van der Waals surface area (Å²) in [6, 6.07) is 9.58. The number of carbonyl (C=O) groups is 2. The third-order valence-electron chi connectivity index (χ3n) is 3.57. The Bertz CT molecular complexity index is 448. The molecule has 0 heterocycles. The molecule has 5 heteroatoms. The van der Waals surface area contributed by atoms with Crippen molar-refractivity contribution in [2.75, 3.05) is 20.6 Å². The highest BCUT2D eigenvalue weighted by Gasteiger charge is 2.19. The quantitative estimate of drug-likeness (QED) is 0.753. The van der Waals surface area contributed by atoms with Crippen LogP contribution < -0.4 is 10.6 Å². The van der Waals surface area contributed by atoms with Gasteiger partial charge in [0.2, 0.25) is 5.91 Å². The number of amides is 3. The summed E-state index contributed by atoms with van der Waals surface area (Å²) in [5, 5.41) is 4.67. The maximum atomic E-state index is 11.8. The zero-order valence-corrected chi connectivity index (χ0v) is 13.1. The minimum absolute atomic E-state index is 0.278. The highest BCUT2D eigenvalue weighted by molar-refractivity contribution is 5.96. The van der Waals surface area contributed by atoms with Crippen LogP contribution in [-0.4, -0.2) is 43.5 Å². The molecule has 0 aliphatic heterocycles. The van der Waals surface area contributed by atoms with E-state index in [1.165, 1.54) is 12.6 Å². The van der Waals surface area contributed by atoms with Gasteiger partial charge < -0.3 is 5.32 Å². The lowest BCUT2D eigenvalue weighted by molar-refractivity contribution is -0.124. The summed E-state index contributed by atoms with van der Waals surface area (Å²) >= 11 is 0. The van der Waals surface area contributed by atoms with E-state index in [1.807, 2.05) is 30.1 Å². The van der Waals surface area contributed by atoms with Crippen LogP contribution in [-0.2, 0) is 11.2 Å². The zero-order valence-electron chi connectivity index (χ0n) is 13.1. The van der Waals surface area contributed by atoms with E-state index < -0.39 is 6.03 Å². The van der Waals surface area contributed by atoms with E-state index in [9.17, 15) is 9.59 Å². The van der Waals surface area contributed by atoms with E-state index in [2.05, 4.69) is 22.8 Å². The number of urea groups is 1. The molecule has 0 aliphatic carbocycles. The SMILES string of the molecule is CNC(=O)NC(=O)C(C)N(C)CCCCc1ccccc1. The van der Waals surface area contributed by atoms with Crippen molar-refractivity contribution in [1.82, 2.24) is 15.5 Å². The molecule has 3 amide bonds. The van der Waals surface area contributed by atoms with Crippen molar-refractivity contribution in [3.05, 3.63) is 35.9 Å². The van der Waals surface area contributed by atoms with Gasteiger partial charge in [0.1, 0.15) is 0 Å². The van der Waals surface area contributed by atoms with E-state index in [0.29, 0.717) is 0 Å². The van der Waals surface area contributed by atoms with Gasteiger partial charge in [0.15, 0.2) is 0 Å². The van der Waals surface area contributed by atoms with E-state index in [0.717, 1.165) is 25.8 Å². The fraction of sp³-hybridized carbons (Fsp3) is 0.500. The van der Waals surface area contributed by atoms with Crippen LogP contribution in [0.1, 0.15) is 25.3 Å². The minimum atomic E-state index is -0.468. The van der Waals surface area contributed by atoms with Crippen LogP contribution in [0.4, 0.5) is 4.79 Å². The molecule has 1 aromatic rings. The number of nitrogens with zero attached hydrogens (tertiary/aromatic N) is 1. The van der Waals surface area contributed by atoms with Gasteiger partial charge in [-0.2, -0.15) is 0 Å². The first kappa shape index (κ1) is 17.2. The molecule has 1 rings (SSSR count). The summed E-state index contributed by atoms with van der Waals surface area (Å²) in [6.07, 6.45) is 3.15. The van der Waals surface area contributed by atoms with Crippen LogP contribution in [0.5, 0.6) is 0 Å². The van der Waals surface area contributed by atoms with Crippen LogP contribution in [0.2, 0.25) is 0 Å². The van der Waals surface area contributed by atoms with Crippen LogP contribution in [0.3, 0.4) is 0 Å². The molecule has 0 aliphatic rings. The molecular formula is C16H25N3O2. The summed E-state index contributed by atoms with van der Waals surface area (Å²) in [4.78, 5) is 24.9. The molecule has 0 aromatic heterocycles. The van der Waals surface area contributed by atoms with Crippen molar-refractivity contribution in [3.8, 4) is 0 Å². The smallest absolute Gasteiger partial charge is 0.321 e. The molecule has 0 spiro atoms. The Morgan fingerprint density at radius 3 is 2.48 bits per heavy atom. The molecule has 2 N–H and O–H groups in total. The molecule has 0 saturated carbocycles. The minimum Gasteiger partial charge on any atom is -0.341 e. The number of imide groups is 1. The molecule has 0 fully saturated rings. The fourth-order valence-corrected chi connectivity index (χ4v) is 2.01. The number of carbonyl (C=O) groups excluding carboxylic acids is 2. The number of unbranched alkanes of at least 4 members (excludes halogenated alkanes) is 1. The molecule has 1 aromatic carbocycles. The third kappa shape index (κ3) is 6.40. The van der Waals surface area contributed by atoms with E-state index in [4.69, 9.17) is 0 Å². The van der Waals surface area contributed by atoms with Gasteiger partial charge in [0.25, 0.3) is 0 Å². The standard InChI is InChI=1S/C16H25N3O2/c1-13(15(20)18-16(21)17-2)19(3)12-8-7-11-14-9-5-4-6-10-14/h4-6,9-10,13H,7-8,11-12H2,1-3H3,(H2,17,18,20,21). The lowest BCUT2D eigenvalue weighted by atomic mass is 10.1. The largest absolute Gasteiger partial charge is 0.341 e. The normalized spacial score (nSPS) is 12.0. The van der Waals surface area contributed by atoms with Crippen LogP contribution in [0.25, 0.3) is 0 Å². The van der Waals surface area contributed by atoms with Gasteiger partial charge in [0, 0.05) is 7.05 Å². The Morgan fingerprint density at radius 2 is 1.86 bits per heavy atom. The Hall–Kier alpha value is -1.88. The van der Waals surface area contributed by atoms with Crippen LogP contribution in [0, 0.1) is 0 Å². The van der Waals surface area contributed by atoms with Gasteiger partial charge in [-0.1, -0.05) is 30.3 Å². The monoisotopic (exact) mass is 291 g/mol. The molecule has 5 nitrogen and oxygen atoms in total. The van der Waals surface area contributed by atoms with Gasteiger partial charge in [-0.3, -0.25) is 15.0 Å². The number of likely N-dealkylation sites (N-methyl/N-ethyl adjacent to an activating group) is 1. The summed E-state index contributed by atoms with van der Waals surface area (Å²) in [6.45, 7) is 2.63. The molecule has 0 bridgehead atoms. The summed E-state index contributed by atoms with van der Waals surface area (Å²) < 4.78 is 0. The summed E-state index contributed by atoms with van der Waals surface area (Å²) in [7, 11) is 3.39. The highest BCUT2D eigenvalue weighted by Crippen LogP contribution is 2.06. The average molecular weight is 291 g/mol. The maximum absolute atomic E-state index is 11.8. The highest BCUT2D eigenvalue weighted by atomic mass is 16.2. The third-order valence-corrected chi connectivity index (χ3v) is 3.57. The number of nitrogens with one attached hydrogen (secondary N) is 2. The average Bonchev–Trinajstić information content (AvgIpc) is 2.51. The second-order valence-corrected chi connectivity index (χ2v) is 5.17. The van der Waals surface area contributed by atoms with Gasteiger partial charge >= 0.3 is 6.03 Å². The number of rotatable bonds is 7. The number of hydrogen-bond donors (Lipinski definition) is 2. The van der Waals surface area contributed by atoms with Crippen molar-refractivity contribution < 1.29 is 9.59 Å². The predicted octanol–water partition coefficient (Wildman–Crippen LogP) is 1.79. The molecule has 1 atom stereocenters. The van der Waals surface area contributed by atoms with Crippen molar-refractivity contribution in [2.45, 2.75) is 32.2 Å². The lowest BCUT2D eigenvalue weighted by Gasteiger charge is -2.23. The van der Waals surface area contributed by atoms with Crippen LogP contribution in [0.15, 0.2) is 30.3 Å². The second kappa shape index (κ2) is 9.13. The molecule has 0 radical (unpaired) electrons. The number of benzene rings is 1. The fourth-order valence-electron chi connectivity index (χ4n) is 2.01. The molecule has 21 heavy (non-hydrogen) atoms. The number of aryl methyl sites for hydroxylation is 1. The number of hydrogen-bond acceptors (Lipinski definition) is 3. The Kier molecular flexibility index (Phi) is 7.46. The van der Waals surface area contributed by atoms with Crippen molar-refractivity contribution >= 4 is 11.9 Å². The summed E-state index contributed by atoms with van der Waals surface area (Å²) in [5.74, 6) is -0.278. The van der Waals surface area contributed by atoms with E-state index >= 15 is 0 Å². The first-order chi connectivity index (χ1) is 10.0. The lowest BCUT2D eigenvalue weighted by Crippen LogP contribution is -2.48. The zero-order chi connectivity index (χ0) is 15.7. The topological polar surface area (TPSA) is 61.4 Å². The Balaban J connectivity index is 2.24. The second-order valence-electron chi connectivity index (χ2n) is 5.17. The maximum Gasteiger partial charge on any atom is 0.321 e. The molecule has 0 saturated heterocycles. The molecule has 116 valence electrons. The van der Waals surface area contributed by atoms with Crippen LogP contribution >= 0.6 is 0 Å². The van der Waals surface area contributed by atoms with Gasteiger partial charge in [-0.05, 0) is 45.3 Å². The van der Waals surface area contributed by atoms with Crippen molar-refractivity contribution in [2.24, 2.45) is 0 Å². The van der Waals surface area contributed by atoms with E-state index in [-0.39, 0.29) is 11.9 Å². The van der Waals surface area contributed by atoms with Gasteiger partial charge in [-0.15, -0.1) is 0 Å². The predicted molar refractivity (Wildman–Crippen MR) is 84.1 cm³/mol. The van der Waals surface area contributed by atoms with Crippen molar-refractivity contribution in [3.63, 3.8) is 0 Å². The first-order valence-corrected chi connectivity index (χ1v) is 7.31. The van der Waals surface area contributed by atoms with Gasteiger partial charge in [0.05, 0.1) is 6.04 Å². The Labute approximate surface area is 126 Å². The Morgan fingerprint density at radius 1 is 1.19 bits per heavy atom. The van der Waals surface area contributed by atoms with Crippen molar-refractivity contribution in [1.29, 1.82) is 0 Å². The first-order valence-electron chi connectivity index (χ1n) is 7.31. The summed E-state index contributed by atoms with van der Waals surface area (Å²) in [5.41, 5.74) is 1.34. The molecule has 1 unspecified atom stereocenters. The van der Waals surface area contributed by atoms with Gasteiger partial charge in [-0.25, -0.2) is 4.79 Å². The van der Waals surface area contributed by atoms with E-state index in [1.54, 1.807) is 6.92 Å². The molecular weight excluding hydrogens is 266 g/mol.